The number of amides is 1. The molecule has 0 radical (unpaired) electrons. The van der Waals surface area contributed by atoms with Crippen LogP contribution in [-0.4, -0.2) is 34.0 Å². The molecule has 8 heteroatoms. The molecule has 3 aromatic carbocycles. The number of benzene rings is 3. The molecule has 4 rings (SSSR count). The van der Waals surface area contributed by atoms with Gasteiger partial charge in [0, 0.05) is 19.2 Å². The Morgan fingerprint density at radius 2 is 1.70 bits per heavy atom. The molecule has 1 amide bonds. The number of para-hydroxylation sites is 1. The van der Waals surface area contributed by atoms with Gasteiger partial charge >= 0.3 is 6.61 Å². The number of carbonyl (C=O) groups is 1. The van der Waals surface area contributed by atoms with Gasteiger partial charge in [0.2, 0.25) is 0 Å². The van der Waals surface area contributed by atoms with E-state index < -0.39 is 6.61 Å². The van der Waals surface area contributed by atoms with Gasteiger partial charge in [0.1, 0.15) is 11.6 Å². The monoisotopic (exact) mass is 449 g/mol. The fourth-order valence-corrected chi connectivity index (χ4v) is 3.64. The summed E-state index contributed by atoms with van der Waals surface area (Å²) in [5.41, 5.74) is 2.31. The van der Waals surface area contributed by atoms with Crippen LogP contribution >= 0.6 is 0 Å². The Hall–Kier alpha value is -4.07. The third-order valence-corrected chi connectivity index (χ3v) is 5.23. The van der Waals surface area contributed by atoms with E-state index in [1.54, 1.807) is 68.6 Å². The lowest BCUT2D eigenvalue weighted by Gasteiger charge is -2.18. The minimum absolute atomic E-state index is 0.0621. The van der Waals surface area contributed by atoms with E-state index >= 15 is 0 Å². The van der Waals surface area contributed by atoms with E-state index in [9.17, 15) is 18.4 Å². The molecule has 1 heterocycles. The number of alkyl halides is 2. The summed E-state index contributed by atoms with van der Waals surface area (Å²) in [4.78, 5) is 31.8. The van der Waals surface area contributed by atoms with Gasteiger partial charge in [-0.1, -0.05) is 24.3 Å². The molecule has 0 aliphatic rings. The second kappa shape index (κ2) is 9.20. The summed E-state index contributed by atoms with van der Waals surface area (Å²) in [5, 5.41) is 0.521. The van der Waals surface area contributed by atoms with Gasteiger partial charge in [0.25, 0.3) is 11.5 Å². The van der Waals surface area contributed by atoms with Gasteiger partial charge < -0.3 is 9.64 Å². The van der Waals surface area contributed by atoms with Gasteiger partial charge in [-0.3, -0.25) is 14.2 Å². The quantitative estimate of drug-likeness (QED) is 0.433. The number of hydrogen-bond acceptors (Lipinski definition) is 4. The van der Waals surface area contributed by atoms with Crippen LogP contribution in [0.1, 0.15) is 21.7 Å². The molecular weight excluding hydrogens is 428 g/mol. The normalized spacial score (nSPS) is 11.1. The highest BCUT2D eigenvalue weighted by Crippen LogP contribution is 2.18. The van der Waals surface area contributed by atoms with Crippen molar-refractivity contribution >= 4 is 16.8 Å². The van der Waals surface area contributed by atoms with Crippen LogP contribution in [0.3, 0.4) is 0 Å². The van der Waals surface area contributed by atoms with Gasteiger partial charge in [-0.2, -0.15) is 8.78 Å². The third-order valence-electron chi connectivity index (χ3n) is 5.23. The van der Waals surface area contributed by atoms with Crippen molar-refractivity contribution in [3.8, 4) is 11.4 Å². The maximum Gasteiger partial charge on any atom is 0.387 e. The van der Waals surface area contributed by atoms with E-state index in [-0.39, 0.29) is 17.2 Å². The smallest absolute Gasteiger partial charge is 0.387 e. The number of carbonyl (C=O) groups excluding carboxylic acids is 1. The van der Waals surface area contributed by atoms with Crippen molar-refractivity contribution in [2.24, 2.45) is 0 Å². The molecule has 0 atom stereocenters. The number of fused-ring (bicyclic) bond motifs is 1. The average molecular weight is 449 g/mol. The zero-order chi connectivity index (χ0) is 23.5. The van der Waals surface area contributed by atoms with Crippen molar-refractivity contribution in [2.75, 3.05) is 7.05 Å². The summed E-state index contributed by atoms with van der Waals surface area (Å²) in [5.74, 6) is 0.399. The summed E-state index contributed by atoms with van der Waals surface area (Å²) in [7, 11) is 1.65. The molecule has 0 aliphatic heterocycles. The maximum absolute atomic E-state index is 13.0. The first-order chi connectivity index (χ1) is 15.8. The van der Waals surface area contributed by atoms with Crippen molar-refractivity contribution in [1.29, 1.82) is 0 Å². The second-order valence-corrected chi connectivity index (χ2v) is 7.55. The number of aryl methyl sites for hydroxylation is 1. The van der Waals surface area contributed by atoms with Crippen LogP contribution in [-0.2, 0) is 6.54 Å². The van der Waals surface area contributed by atoms with Crippen LogP contribution in [0.2, 0.25) is 0 Å². The van der Waals surface area contributed by atoms with Crippen LogP contribution < -0.4 is 10.3 Å². The molecule has 4 aromatic rings. The van der Waals surface area contributed by atoms with E-state index in [2.05, 4.69) is 9.72 Å². The van der Waals surface area contributed by atoms with Gasteiger partial charge in [0.05, 0.1) is 16.6 Å². The molecule has 33 heavy (non-hydrogen) atoms. The summed E-state index contributed by atoms with van der Waals surface area (Å²) >= 11 is 0. The first-order valence-electron chi connectivity index (χ1n) is 10.2. The molecule has 0 unspecified atom stereocenters. The number of halogens is 2. The minimum atomic E-state index is -2.88. The van der Waals surface area contributed by atoms with Crippen LogP contribution in [0, 0.1) is 6.92 Å². The Labute approximate surface area is 188 Å². The van der Waals surface area contributed by atoms with E-state index in [1.807, 2.05) is 6.07 Å². The first-order valence-corrected chi connectivity index (χ1v) is 10.2. The minimum Gasteiger partial charge on any atom is -0.435 e. The molecule has 0 saturated heterocycles. The molecule has 0 N–H and O–H groups in total. The van der Waals surface area contributed by atoms with Gasteiger partial charge in [0.15, 0.2) is 0 Å². The standard InChI is InChI=1S/C25H21F2N3O3/c1-16-28-22-6-4-3-5-21(22)24(32)30(16)19-11-9-18(10-12-19)23(31)29(2)15-17-7-13-20(14-8-17)33-25(26)27/h3-14,25H,15H2,1-2H3. The fourth-order valence-electron chi connectivity index (χ4n) is 3.64. The van der Waals surface area contributed by atoms with E-state index in [0.29, 0.717) is 34.5 Å². The van der Waals surface area contributed by atoms with Crippen molar-refractivity contribution in [3.05, 3.63) is 100 Å². The molecule has 0 saturated carbocycles. The van der Waals surface area contributed by atoms with Gasteiger partial charge in [-0.25, -0.2) is 4.98 Å². The zero-order valence-electron chi connectivity index (χ0n) is 18.0. The Morgan fingerprint density at radius 1 is 1.03 bits per heavy atom. The average Bonchev–Trinajstić information content (AvgIpc) is 2.80. The summed E-state index contributed by atoms with van der Waals surface area (Å²) in [6.45, 7) is -0.825. The first kappa shape index (κ1) is 22.1. The van der Waals surface area contributed by atoms with E-state index in [0.717, 1.165) is 5.56 Å². The molecule has 0 fully saturated rings. The van der Waals surface area contributed by atoms with Crippen molar-refractivity contribution in [2.45, 2.75) is 20.1 Å². The number of hydrogen-bond donors (Lipinski definition) is 0. The van der Waals surface area contributed by atoms with Crippen molar-refractivity contribution in [3.63, 3.8) is 0 Å². The molecule has 0 aliphatic carbocycles. The van der Waals surface area contributed by atoms with Crippen LogP contribution in [0.15, 0.2) is 77.6 Å². The molecule has 6 nitrogen and oxygen atoms in total. The van der Waals surface area contributed by atoms with Crippen LogP contribution in [0.4, 0.5) is 8.78 Å². The zero-order valence-corrected chi connectivity index (χ0v) is 18.0. The number of ether oxygens (including phenoxy) is 1. The second-order valence-electron chi connectivity index (χ2n) is 7.55. The van der Waals surface area contributed by atoms with Crippen LogP contribution in [0.5, 0.6) is 5.75 Å². The van der Waals surface area contributed by atoms with Gasteiger partial charge in [-0.15, -0.1) is 0 Å². The predicted molar refractivity (Wildman–Crippen MR) is 121 cm³/mol. The molecular formula is C25H21F2N3O3. The van der Waals surface area contributed by atoms with Crippen molar-refractivity contribution < 1.29 is 18.3 Å². The third kappa shape index (κ3) is 4.74. The lowest BCUT2D eigenvalue weighted by atomic mass is 10.1. The predicted octanol–water partition coefficient (Wildman–Crippen LogP) is 4.57. The Kier molecular flexibility index (Phi) is 6.17. The lowest BCUT2D eigenvalue weighted by molar-refractivity contribution is -0.0498. The molecule has 1 aromatic heterocycles. The fraction of sp³-hybridized carbons (Fsp3) is 0.160. The van der Waals surface area contributed by atoms with E-state index in [4.69, 9.17) is 0 Å². The SMILES string of the molecule is Cc1nc2ccccc2c(=O)n1-c1ccc(C(=O)N(C)Cc2ccc(OC(F)F)cc2)cc1. The number of rotatable bonds is 6. The lowest BCUT2D eigenvalue weighted by Crippen LogP contribution is -2.26. The maximum atomic E-state index is 13.0. The molecule has 0 bridgehead atoms. The molecule has 0 spiro atoms. The van der Waals surface area contributed by atoms with Crippen LogP contribution in [0.25, 0.3) is 16.6 Å². The largest absolute Gasteiger partial charge is 0.435 e. The Morgan fingerprint density at radius 3 is 2.36 bits per heavy atom. The Bertz CT molecular complexity index is 1350. The Balaban J connectivity index is 1.52. The topological polar surface area (TPSA) is 64.4 Å². The number of aromatic nitrogens is 2. The van der Waals surface area contributed by atoms with E-state index in [1.165, 1.54) is 21.6 Å². The molecule has 168 valence electrons. The van der Waals surface area contributed by atoms with Crippen molar-refractivity contribution in [1.82, 2.24) is 14.5 Å². The summed E-state index contributed by atoms with van der Waals surface area (Å²) < 4.78 is 30.4. The highest BCUT2D eigenvalue weighted by atomic mass is 19.3. The summed E-state index contributed by atoms with van der Waals surface area (Å²) in [6.07, 6.45) is 0. The van der Waals surface area contributed by atoms with Gasteiger partial charge in [-0.05, 0) is 61.0 Å². The highest BCUT2D eigenvalue weighted by Gasteiger charge is 2.14. The number of nitrogens with zero attached hydrogens (tertiary/aromatic N) is 3. The summed E-state index contributed by atoms with van der Waals surface area (Å²) in [6, 6.07) is 20.0. The highest BCUT2D eigenvalue weighted by molar-refractivity contribution is 5.94.